The van der Waals surface area contributed by atoms with E-state index < -0.39 is 47.2 Å². The monoisotopic (exact) mass is 462 g/mol. The van der Waals surface area contributed by atoms with Crippen LogP contribution < -0.4 is 5.32 Å². The van der Waals surface area contributed by atoms with Crippen molar-refractivity contribution in [3.05, 3.63) is 83.9 Å². The molecular formula is C26H26N2O6. The molecule has 0 spiro atoms. The minimum atomic E-state index is -1.67. The lowest BCUT2D eigenvalue weighted by molar-refractivity contribution is -0.151. The predicted octanol–water partition coefficient (Wildman–Crippen LogP) is 2.36. The van der Waals surface area contributed by atoms with E-state index >= 15 is 0 Å². The number of likely N-dealkylation sites (tertiary alicyclic amines) is 1. The Morgan fingerprint density at radius 2 is 1.79 bits per heavy atom. The molecule has 8 nitrogen and oxygen atoms in total. The number of benzene rings is 2. The third-order valence-corrected chi connectivity index (χ3v) is 6.70. The van der Waals surface area contributed by atoms with Crippen molar-refractivity contribution in [2.75, 3.05) is 13.7 Å². The number of carbonyl (C=O) groups excluding carboxylic acids is 3. The second-order valence-corrected chi connectivity index (χ2v) is 8.58. The van der Waals surface area contributed by atoms with Crippen LogP contribution in [0.15, 0.2) is 67.3 Å². The Balaban J connectivity index is 1.79. The summed E-state index contributed by atoms with van der Waals surface area (Å²) in [5.74, 6) is -4.55. The molecule has 2 aromatic rings. The van der Waals surface area contributed by atoms with Gasteiger partial charge in [-0.25, -0.2) is 4.79 Å². The number of esters is 1. The van der Waals surface area contributed by atoms with Crippen LogP contribution in [0.1, 0.15) is 33.9 Å². The van der Waals surface area contributed by atoms with Crippen LogP contribution in [0.2, 0.25) is 0 Å². The molecule has 2 heterocycles. The largest absolute Gasteiger partial charge is 0.480 e. The Labute approximate surface area is 197 Å². The van der Waals surface area contributed by atoms with Gasteiger partial charge in [-0.3, -0.25) is 24.6 Å². The quantitative estimate of drug-likeness (QED) is 0.352. The second-order valence-electron chi connectivity index (χ2n) is 8.58. The summed E-state index contributed by atoms with van der Waals surface area (Å²) >= 11 is 0. The molecule has 2 aromatic carbocycles. The molecule has 176 valence electrons. The highest BCUT2D eigenvalue weighted by molar-refractivity contribution is 6.09. The standard InChI is InChI=1S/C26H26N2O6/c1-3-4-14-28-22(29)19-20(23(28)30)26(25(32)33,15-16-8-6-5-7-9-16)27-21(19)17-10-12-18(13-11-17)24(31)34-2/h3,5-13,19-21,27H,1,4,14-15H2,2H3,(H,32,33). The smallest absolute Gasteiger partial charge is 0.337 e. The molecule has 2 aliphatic heterocycles. The van der Waals surface area contributed by atoms with Gasteiger partial charge in [-0.05, 0) is 29.7 Å². The number of ether oxygens (including phenoxy) is 1. The third-order valence-electron chi connectivity index (χ3n) is 6.70. The number of amides is 2. The van der Waals surface area contributed by atoms with Crippen molar-refractivity contribution in [1.29, 1.82) is 0 Å². The fourth-order valence-corrected chi connectivity index (χ4v) is 5.09. The lowest BCUT2D eigenvalue weighted by Crippen LogP contribution is -2.57. The lowest BCUT2D eigenvalue weighted by Gasteiger charge is -2.31. The van der Waals surface area contributed by atoms with E-state index in [9.17, 15) is 24.3 Å². The fourth-order valence-electron chi connectivity index (χ4n) is 5.09. The molecule has 0 radical (unpaired) electrons. The zero-order valence-corrected chi connectivity index (χ0v) is 18.8. The lowest BCUT2D eigenvalue weighted by atomic mass is 9.76. The molecule has 2 aliphatic rings. The van der Waals surface area contributed by atoms with E-state index in [1.54, 1.807) is 54.6 Å². The average Bonchev–Trinajstić information content (AvgIpc) is 3.32. The molecule has 2 amide bonds. The number of carbonyl (C=O) groups is 4. The van der Waals surface area contributed by atoms with Crippen molar-refractivity contribution in [2.45, 2.75) is 24.4 Å². The first-order valence-corrected chi connectivity index (χ1v) is 11.0. The number of aliphatic carboxylic acids is 1. The van der Waals surface area contributed by atoms with Gasteiger partial charge in [0.1, 0.15) is 5.54 Å². The molecule has 0 aromatic heterocycles. The van der Waals surface area contributed by atoms with E-state index in [-0.39, 0.29) is 13.0 Å². The Hall–Kier alpha value is -3.78. The van der Waals surface area contributed by atoms with Gasteiger partial charge in [0.25, 0.3) is 0 Å². The summed E-state index contributed by atoms with van der Waals surface area (Å²) in [5, 5.41) is 13.6. The van der Waals surface area contributed by atoms with Crippen LogP contribution in [0.4, 0.5) is 0 Å². The van der Waals surface area contributed by atoms with Crippen LogP contribution in [0.3, 0.4) is 0 Å². The summed E-state index contributed by atoms with van der Waals surface area (Å²) in [7, 11) is 1.28. The van der Waals surface area contributed by atoms with Crippen molar-refractivity contribution in [1.82, 2.24) is 10.2 Å². The average molecular weight is 463 g/mol. The van der Waals surface area contributed by atoms with Crippen LogP contribution >= 0.6 is 0 Å². The summed E-state index contributed by atoms with van der Waals surface area (Å²) < 4.78 is 4.74. The summed E-state index contributed by atoms with van der Waals surface area (Å²) in [6.45, 7) is 3.81. The summed E-state index contributed by atoms with van der Waals surface area (Å²) in [6, 6.07) is 14.8. The number of hydrogen-bond donors (Lipinski definition) is 2. The maximum atomic E-state index is 13.5. The first-order valence-electron chi connectivity index (χ1n) is 11.0. The molecule has 4 unspecified atom stereocenters. The number of carboxylic acid groups (broad SMARTS) is 1. The van der Waals surface area contributed by atoms with E-state index in [4.69, 9.17) is 4.74 Å². The molecule has 2 saturated heterocycles. The van der Waals surface area contributed by atoms with Crippen molar-refractivity contribution in [3.8, 4) is 0 Å². The van der Waals surface area contributed by atoms with E-state index in [1.807, 2.05) is 6.07 Å². The first kappa shape index (κ1) is 23.4. The van der Waals surface area contributed by atoms with Gasteiger partial charge in [0.2, 0.25) is 11.8 Å². The number of nitrogens with one attached hydrogen (secondary N) is 1. The molecule has 34 heavy (non-hydrogen) atoms. The summed E-state index contributed by atoms with van der Waals surface area (Å²) in [4.78, 5) is 52.7. The number of rotatable bonds is 8. The third kappa shape index (κ3) is 3.80. The Morgan fingerprint density at radius 1 is 1.12 bits per heavy atom. The molecule has 4 atom stereocenters. The number of imide groups is 1. The minimum Gasteiger partial charge on any atom is -0.480 e. The molecular weight excluding hydrogens is 436 g/mol. The van der Waals surface area contributed by atoms with Crippen molar-refractivity contribution < 1.29 is 29.0 Å². The Kier molecular flexibility index (Phi) is 6.34. The summed E-state index contributed by atoms with van der Waals surface area (Å²) in [5.41, 5.74) is 0.0112. The van der Waals surface area contributed by atoms with E-state index in [1.165, 1.54) is 7.11 Å². The van der Waals surface area contributed by atoms with Gasteiger partial charge >= 0.3 is 11.9 Å². The highest BCUT2D eigenvalue weighted by Crippen LogP contribution is 2.50. The molecule has 2 N–H and O–H groups in total. The van der Waals surface area contributed by atoms with E-state index in [0.717, 1.165) is 10.5 Å². The Bertz CT molecular complexity index is 1130. The van der Waals surface area contributed by atoms with Gasteiger partial charge in [0.05, 0.1) is 24.5 Å². The fraction of sp³-hybridized carbons (Fsp3) is 0.308. The van der Waals surface area contributed by atoms with Crippen LogP contribution in [0.25, 0.3) is 0 Å². The van der Waals surface area contributed by atoms with Gasteiger partial charge in [-0.2, -0.15) is 0 Å². The molecule has 2 fully saturated rings. The maximum absolute atomic E-state index is 13.5. The molecule has 4 rings (SSSR count). The van der Waals surface area contributed by atoms with E-state index in [0.29, 0.717) is 17.5 Å². The molecule has 0 saturated carbocycles. The van der Waals surface area contributed by atoms with Gasteiger partial charge in [0.15, 0.2) is 0 Å². The van der Waals surface area contributed by atoms with Crippen LogP contribution in [0, 0.1) is 11.8 Å². The normalized spacial score (nSPS) is 25.8. The molecule has 0 aliphatic carbocycles. The van der Waals surface area contributed by atoms with Gasteiger partial charge in [-0.1, -0.05) is 48.5 Å². The molecule has 8 heteroatoms. The zero-order valence-electron chi connectivity index (χ0n) is 18.8. The topological polar surface area (TPSA) is 113 Å². The van der Waals surface area contributed by atoms with E-state index in [2.05, 4.69) is 11.9 Å². The summed E-state index contributed by atoms with van der Waals surface area (Å²) in [6.07, 6.45) is 2.07. The number of fused-ring (bicyclic) bond motifs is 1. The van der Waals surface area contributed by atoms with Gasteiger partial charge in [-0.15, -0.1) is 6.58 Å². The maximum Gasteiger partial charge on any atom is 0.337 e. The SMILES string of the molecule is C=CCCN1C(=O)C2C(c3ccc(C(=O)OC)cc3)NC(Cc3ccccc3)(C(=O)O)C2C1=O. The number of hydrogen-bond acceptors (Lipinski definition) is 6. The van der Waals surface area contributed by atoms with Gasteiger partial charge < -0.3 is 9.84 Å². The minimum absolute atomic E-state index is 0.0371. The number of methoxy groups -OCH3 is 1. The zero-order chi connectivity index (χ0) is 24.5. The van der Waals surface area contributed by atoms with Crippen molar-refractivity contribution >= 4 is 23.8 Å². The van der Waals surface area contributed by atoms with Crippen LogP contribution in [-0.4, -0.2) is 53.0 Å². The van der Waals surface area contributed by atoms with Crippen LogP contribution in [0.5, 0.6) is 0 Å². The molecule has 0 bridgehead atoms. The van der Waals surface area contributed by atoms with Gasteiger partial charge in [0, 0.05) is 19.0 Å². The van der Waals surface area contributed by atoms with Crippen LogP contribution in [-0.2, 0) is 25.5 Å². The first-order chi connectivity index (χ1) is 16.3. The number of carboxylic acids is 1. The second kappa shape index (κ2) is 9.23. The highest BCUT2D eigenvalue weighted by Gasteiger charge is 2.68. The highest BCUT2D eigenvalue weighted by atomic mass is 16.5. The van der Waals surface area contributed by atoms with Crippen molar-refractivity contribution in [2.24, 2.45) is 11.8 Å². The predicted molar refractivity (Wildman–Crippen MR) is 123 cm³/mol. The number of nitrogens with zero attached hydrogens (tertiary/aromatic N) is 1. The van der Waals surface area contributed by atoms with Crippen molar-refractivity contribution in [3.63, 3.8) is 0 Å². The Morgan fingerprint density at radius 3 is 2.38 bits per heavy atom.